The summed E-state index contributed by atoms with van der Waals surface area (Å²) < 4.78 is 12.4. The maximum Gasteiger partial charge on any atom is 0.312 e. The van der Waals surface area contributed by atoms with Crippen molar-refractivity contribution in [3.05, 3.63) is 49.6 Å². The van der Waals surface area contributed by atoms with E-state index < -0.39 is 41.1 Å². The van der Waals surface area contributed by atoms with E-state index in [0.29, 0.717) is 24.9 Å². The second-order valence-electron chi connectivity index (χ2n) is 12.0. The number of esters is 1. The molecule has 0 radical (unpaired) electrons. The van der Waals surface area contributed by atoms with Gasteiger partial charge in [-0.25, -0.2) is 0 Å². The highest BCUT2D eigenvalue weighted by atomic mass is 16.6. The minimum Gasteiger partial charge on any atom is -0.465 e. The Hall–Kier alpha value is -3.17. The van der Waals surface area contributed by atoms with Crippen LogP contribution in [0.3, 0.4) is 0 Å². The molecular weight excluding hydrogens is 534 g/mol. The van der Waals surface area contributed by atoms with Crippen LogP contribution in [0.4, 0.5) is 11.4 Å². The van der Waals surface area contributed by atoms with Crippen LogP contribution in [0.2, 0.25) is 0 Å². The molecule has 9 heteroatoms. The van der Waals surface area contributed by atoms with Gasteiger partial charge in [-0.05, 0) is 77.1 Å². The fourth-order valence-corrected chi connectivity index (χ4v) is 7.40. The Morgan fingerprint density at radius 1 is 1.19 bits per heavy atom. The van der Waals surface area contributed by atoms with Crippen molar-refractivity contribution < 1.29 is 29.0 Å². The van der Waals surface area contributed by atoms with Crippen molar-refractivity contribution >= 4 is 29.2 Å². The Kier molecular flexibility index (Phi) is 9.52. The first-order chi connectivity index (χ1) is 20.1. The summed E-state index contributed by atoms with van der Waals surface area (Å²) in [6.45, 7) is 19.2. The van der Waals surface area contributed by atoms with E-state index in [2.05, 4.69) is 31.9 Å². The third-order valence-corrected chi connectivity index (χ3v) is 9.64. The van der Waals surface area contributed by atoms with Crippen LogP contribution in [0.5, 0.6) is 0 Å². The van der Waals surface area contributed by atoms with Crippen LogP contribution in [-0.4, -0.2) is 83.9 Å². The minimum atomic E-state index is -1.23. The molecule has 7 atom stereocenters. The van der Waals surface area contributed by atoms with Gasteiger partial charge < -0.3 is 29.3 Å². The van der Waals surface area contributed by atoms with Crippen LogP contribution in [0.25, 0.3) is 0 Å². The monoisotopic (exact) mass is 581 g/mol. The smallest absolute Gasteiger partial charge is 0.312 e. The summed E-state index contributed by atoms with van der Waals surface area (Å²) in [6, 6.07) is 6.10. The molecule has 9 nitrogen and oxygen atoms in total. The number of aliphatic hydroxyl groups excluding tert-OH is 1. The lowest BCUT2D eigenvalue weighted by molar-refractivity contribution is -0.162. The number of benzene rings is 1. The predicted molar refractivity (Wildman–Crippen MR) is 163 cm³/mol. The standard InChI is InChI=1S/C33H47N3O6/c1-8-12-13-19-41-31(40)27-26-29(38)36(23(6)21-37)28(33(26)20-22(5)32(27,7)42-33)30(39)35(18-9-2)25-16-14-24(15-17-25)34(10-3)11-4/h8-9,14-17,22-23,26-28,37H,1-2,10-13,18-21H2,3-7H3/t22?,23-,26+,27+,28?,32-,33?/m1/s1. The lowest BCUT2D eigenvalue weighted by atomic mass is 9.62. The molecule has 3 aliphatic rings. The van der Waals surface area contributed by atoms with Gasteiger partial charge in [-0.15, -0.1) is 13.2 Å². The number of carbonyl (C=O) groups excluding carboxylic acids is 3. The van der Waals surface area contributed by atoms with E-state index in [9.17, 15) is 19.5 Å². The maximum atomic E-state index is 14.7. The van der Waals surface area contributed by atoms with Crippen molar-refractivity contribution in [1.82, 2.24) is 4.90 Å². The van der Waals surface area contributed by atoms with E-state index in [0.717, 1.165) is 18.8 Å². The number of hydrogen-bond acceptors (Lipinski definition) is 7. The number of aliphatic hydroxyl groups is 1. The fraction of sp³-hybridized carbons (Fsp3) is 0.606. The van der Waals surface area contributed by atoms with Crippen LogP contribution in [0, 0.1) is 17.8 Å². The van der Waals surface area contributed by atoms with Crippen molar-refractivity contribution in [2.45, 2.75) is 77.2 Å². The van der Waals surface area contributed by atoms with Gasteiger partial charge in [0.1, 0.15) is 17.6 Å². The number of nitrogens with zero attached hydrogens (tertiary/aromatic N) is 3. The van der Waals surface area contributed by atoms with Gasteiger partial charge in [0.15, 0.2) is 0 Å². The highest BCUT2D eigenvalue weighted by Crippen LogP contribution is 2.65. The third kappa shape index (κ3) is 5.04. The Balaban J connectivity index is 1.75. The first kappa shape index (κ1) is 31.8. The largest absolute Gasteiger partial charge is 0.465 e. The number of allylic oxidation sites excluding steroid dienone is 1. The van der Waals surface area contributed by atoms with Gasteiger partial charge in [0.25, 0.3) is 5.91 Å². The third-order valence-electron chi connectivity index (χ3n) is 9.64. The normalized spacial score (nSPS) is 30.1. The van der Waals surface area contributed by atoms with Crippen molar-refractivity contribution in [3.8, 4) is 0 Å². The van der Waals surface area contributed by atoms with Gasteiger partial charge in [-0.1, -0.05) is 19.1 Å². The Morgan fingerprint density at radius 2 is 1.83 bits per heavy atom. The second-order valence-corrected chi connectivity index (χ2v) is 12.0. The number of carbonyl (C=O) groups is 3. The minimum absolute atomic E-state index is 0.104. The molecule has 0 aliphatic carbocycles. The summed E-state index contributed by atoms with van der Waals surface area (Å²) in [5.41, 5.74) is -0.465. The zero-order valence-electron chi connectivity index (χ0n) is 25.8. The Morgan fingerprint density at radius 3 is 2.40 bits per heavy atom. The van der Waals surface area contributed by atoms with Crippen LogP contribution < -0.4 is 9.80 Å². The molecular formula is C33H47N3O6. The second kappa shape index (κ2) is 12.6. The van der Waals surface area contributed by atoms with E-state index in [1.807, 2.05) is 38.1 Å². The number of ether oxygens (including phenoxy) is 2. The molecule has 3 heterocycles. The van der Waals surface area contributed by atoms with Crippen LogP contribution in [0.1, 0.15) is 53.9 Å². The summed E-state index contributed by atoms with van der Waals surface area (Å²) in [4.78, 5) is 47.8. The van der Waals surface area contributed by atoms with Crippen LogP contribution >= 0.6 is 0 Å². The van der Waals surface area contributed by atoms with E-state index in [4.69, 9.17) is 9.47 Å². The molecule has 2 amide bonds. The van der Waals surface area contributed by atoms with Crippen molar-refractivity contribution in [2.75, 3.05) is 42.6 Å². The van der Waals surface area contributed by atoms with E-state index in [1.165, 1.54) is 4.90 Å². The van der Waals surface area contributed by atoms with E-state index in [1.54, 1.807) is 24.0 Å². The first-order valence-corrected chi connectivity index (χ1v) is 15.2. The lowest BCUT2D eigenvalue weighted by Gasteiger charge is -2.38. The summed E-state index contributed by atoms with van der Waals surface area (Å²) in [7, 11) is 0. The van der Waals surface area contributed by atoms with Crippen LogP contribution in [-0.2, 0) is 23.9 Å². The molecule has 1 N–H and O–H groups in total. The Bertz CT molecular complexity index is 1180. The lowest BCUT2D eigenvalue weighted by Crippen LogP contribution is -2.58. The van der Waals surface area contributed by atoms with Gasteiger partial charge in [0.05, 0.1) is 30.8 Å². The Labute approximate surface area is 250 Å². The SMILES string of the molecule is C=CCCCOC(=O)[C@@H]1[C@H]2C(=O)N([C@H](C)CO)C(C(=O)N(CC=C)c3ccc(N(CC)CC)cc3)C23CC(C)[C@@]1(C)O3. The average molecular weight is 582 g/mol. The van der Waals surface area contributed by atoms with Crippen molar-refractivity contribution in [2.24, 2.45) is 17.8 Å². The molecule has 3 aliphatic heterocycles. The quantitative estimate of drug-likeness (QED) is 0.202. The maximum absolute atomic E-state index is 14.7. The highest BCUT2D eigenvalue weighted by Gasteiger charge is 2.80. The zero-order valence-corrected chi connectivity index (χ0v) is 25.8. The molecule has 1 aromatic carbocycles. The number of hydrogen-bond donors (Lipinski definition) is 1. The van der Waals surface area contributed by atoms with Gasteiger partial charge >= 0.3 is 5.97 Å². The average Bonchev–Trinajstić information content (AvgIpc) is 3.50. The fourth-order valence-electron chi connectivity index (χ4n) is 7.40. The molecule has 0 aromatic heterocycles. The molecule has 1 aromatic rings. The molecule has 3 saturated heterocycles. The molecule has 2 bridgehead atoms. The topological polar surface area (TPSA) is 99.6 Å². The number of amides is 2. The summed E-state index contributed by atoms with van der Waals surface area (Å²) in [6.07, 6.45) is 5.21. The van der Waals surface area contributed by atoms with Gasteiger partial charge in [-0.3, -0.25) is 14.4 Å². The van der Waals surface area contributed by atoms with Crippen molar-refractivity contribution in [3.63, 3.8) is 0 Å². The van der Waals surface area contributed by atoms with Crippen LogP contribution in [0.15, 0.2) is 49.6 Å². The summed E-state index contributed by atoms with van der Waals surface area (Å²) >= 11 is 0. The van der Waals surface area contributed by atoms with Gasteiger partial charge in [0, 0.05) is 31.0 Å². The first-order valence-electron chi connectivity index (χ1n) is 15.2. The molecule has 1 spiro atoms. The number of unbranched alkanes of at least 4 members (excludes halogenated alkanes) is 1. The molecule has 0 saturated carbocycles. The molecule has 230 valence electrons. The van der Waals surface area contributed by atoms with Gasteiger partial charge in [-0.2, -0.15) is 0 Å². The molecule has 3 fully saturated rings. The summed E-state index contributed by atoms with van der Waals surface area (Å²) in [5.74, 6) is -3.00. The highest BCUT2D eigenvalue weighted by molar-refractivity contribution is 6.05. The summed E-state index contributed by atoms with van der Waals surface area (Å²) in [5, 5.41) is 10.2. The van der Waals surface area contributed by atoms with Crippen molar-refractivity contribution in [1.29, 1.82) is 0 Å². The number of likely N-dealkylation sites (tertiary alicyclic amines) is 1. The molecule has 3 unspecified atom stereocenters. The number of fused-ring (bicyclic) bond motifs is 1. The number of rotatable bonds is 14. The zero-order chi connectivity index (χ0) is 30.8. The van der Waals surface area contributed by atoms with E-state index >= 15 is 0 Å². The molecule has 4 rings (SSSR count). The van der Waals surface area contributed by atoms with Gasteiger partial charge in [0.2, 0.25) is 5.91 Å². The predicted octanol–water partition coefficient (Wildman–Crippen LogP) is 3.95. The van der Waals surface area contributed by atoms with E-state index in [-0.39, 0.29) is 37.5 Å². The molecule has 42 heavy (non-hydrogen) atoms. The number of anilines is 2.